The van der Waals surface area contributed by atoms with Crippen molar-refractivity contribution in [1.82, 2.24) is 0 Å². The maximum Gasteiger partial charge on any atom is 0.0257 e. The third kappa shape index (κ3) is 4.15. The summed E-state index contributed by atoms with van der Waals surface area (Å²) < 4.78 is 0. The van der Waals surface area contributed by atoms with E-state index in [1.165, 1.54) is 11.1 Å². The van der Waals surface area contributed by atoms with Crippen molar-refractivity contribution in [2.24, 2.45) is 5.11 Å². The van der Waals surface area contributed by atoms with Crippen molar-refractivity contribution in [3.63, 3.8) is 0 Å². The lowest BCUT2D eigenvalue weighted by Gasteiger charge is -2.17. The van der Waals surface area contributed by atoms with Gasteiger partial charge in [0.1, 0.15) is 0 Å². The van der Waals surface area contributed by atoms with E-state index < -0.39 is 0 Å². The normalized spacial score (nSPS) is 10.2. The molecule has 2 rings (SSSR count). The molecule has 0 atom stereocenters. The Hall–Kier alpha value is -2.25. The molecule has 0 N–H and O–H groups in total. The SMILES string of the molecule is [N-]=[N+]=NCCCCC(c1ccccc1)c1ccccc1. The highest BCUT2D eigenvalue weighted by Crippen LogP contribution is 2.29. The van der Waals surface area contributed by atoms with E-state index in [0.29, 0.717) is 12.5 Å². The number of nitrogens with zero attached hydrogens (tertiary/aromatic N) is 3. The summed E-state index contributed by atoms with van der Waals surface area (Å²) in [6, 6.07) is 21.2. The number of unbranched alkanes of at least 4 members (excludes halogenated alkanes) is 1. The molecular weight excluding hydrogens is 246 g/mol. The highest BCUT2D eigenvalue weighted by atomic mass is 15.1. The van der Waals surface area contributed by atoms with Crippen molar-refractivity contribution in [2.75, 3.05) is 6.54 Å². The summed E-state index contributed by atoms with van der Waals surface area (Å²) in [5, 5.41) is 3.59. The fraction of sp³-hybridized carbons (Fsp3) is 0.294. The van der Waals surface area contributed by atoms with E-state index in [-0.39, 0.29) is 0 Å². The monoisotopic (exact) mass is 265 g/mol. The van der Waals surface area contributed by atoms with Crippen LogP contribution in [0.4, 0.5) is 0 Å². The molecule has 0 aromatic heterocycles. The maximum absolute atomic E-state index is 8.29. The maximum atomic E-state index is 8.29. The predicted molar refractivity (Wildman–Crippen MR) is 82.6 cm³/mol. The number of hydrogen-bond donors (Lipinski definition) is 0. The molecule has 0 radical (unpaired) electrons. The van der Waals surface area contributed by atoms with Crippen molar-refractivity contribution in [2.45, 2.75) is 25.2 Å². The summed E-state index contributed by atoms with van der Waals surface area (Å²) in [7, 11) is 0. The first-order valence-electron chi connectivity index (χ1n) is 7.02. The Balaban J connectivity index is 2.07. The van der Waals surface area contributed by atoms with E-state index in [9.17, 15) is 0 Å². The minimum atomic E-state index is 0.420. The van der Waals surface area contributed by atoms with Crippen LogP contribution in [0.1, 0.15) is 36.3 Å². The zero-order chi connectivity index (χ0) is 14.0. The lowest BCUT2D eigenvalue weighted by atomic mass is 9.87. The molecule has 102 valence electrons. The smallest absolute Gasteiger partial charge is 0.0257 e. The molecular formula is C17H19N3. The average Bonchev–Trinajstić information content (AvgIpc) is 2.53. The van der Waals surface area contributed by atoms with Crippen LogP contribution in [0.3, 0.4) is 0 Å². The van der Waals surface area contributed by atoms with Gasteiger partial charge < -0.3 is 0 Å². The van der Waals surface area contributed by atoms with E-state index in [0.717, 1.165) is 19.3 Å². The van der Waals surface area contributed by atoms with Gasteiger partial charge in [-0.2, -0.15) is 0 Å². The minimum absolute atomic E-state index is 0.420. The molecule has 20 heavy (non-hydrogen) atoms. The fourth-order valence-corrected chi connectivity index (χ4v) is 2.47. The van der Waals surface area contributed by atoms with Gasteiger partial charge in [0.15, 0.2) is 0 Å². The minimum Gasteiger partial charge on any atom is -0.0940 e. The quantitative estimate of drug-likeness (QED) is 0.282. The molecule has 0 saturated carbocycles. The van der Waals surface area contributed by atoms with Crippen LogP contribution in [0.25, 0.3) is 10.4 Å². The van der Waals surface area contributed by atoms with Gasteiger partial charge in [0.05, 0.1) is 0 Å². The first-order valence-corrected chi connectivity index (χ1v) is 7.02. The molecule has 3 heteroatoms. The summed E-state index contributed by atoms with van der Waals surface area (Å²) in [4.78, 5) is 2.79. The largest absolute Gasteiger partial charge is 0.0940 e. The summed E-state index contributed by atoms with van der Waals surface area (Å²) in [6.07, 6.45) is 3.09. The highest BCUT2D eigenvalue weighted by Gasteiger charge is 2.12. The zero-order valence-electron chi connectivity index (χ0n) is 11.5. The summed E-state index contributed by atoms with van der Waals surface area (Å²) in [5.74, 6) is 0.420. The molecule has 0 aliphatic carbocycles. The van der Waals surface area contributed by atoms with Gasteiger partial charge in [0, 0.05) is 17.4 Å². The molecule has 0 spiro atoms. The molecule has 0 unspecified atom stereocenters. The van der Waals surface area contributed by atoms with E-state index >= 15 is 0 Å². The lowest BCUT2D eigenvalue weighted by Crippen LogP contribution is -2.01. The Morgan fingerprint density at radius 2 is 1.40 bits per heavy atom. The van der Waals surface area contributed by atoms with Gasteiger partial charge in [-0.05, 0) is 29.5 Å². The topological polar surface area (TPSA) is 48.8 Å². The summed E-state index contributed by atoms with van der Waals surface area (Å²) in [5.41, 5.74) is 11.0. The van der Waals surface area contributed by atoms with Crippen LogP contribution in [0.2, 0.25) is 0 Å². The molecule has 0 aliphatic heterocycles. The first kappa shape index (κ1) is 14.2. The van der Waals surface area contributed by atoms with Gasteiger partial charge in [-0.1, -0.05) is 72.2 Å². The molecule has 0 saturated heterocycles. The number of azide groups is 1. The van der Waals surface area contributed by atoms with Gasteiger partial charge in [-0.3, -0.25) is 0 Å². The Morgan fingerprint density at radius 3 is 1.90 bits per heavy atom. The first-order chi connectivity index (χ1) is 9.92. The van der Waals surface area contributed by atoms with Crippen LogP contribution >= 0.6 is 0 Å². The molecule has 3 nitrogen and oxygen atoms in total. The van der Waals surface area contributed by atoms with Gasteiger partial charge in [-0.15, -0.1) is 0 Å². The molecule has 0 fully saturated rings. The second-order valence-corrected chi connectivity index (χ2v) is 4.82. The van der Waals surface area contributed by atoms with E-state index in [1.807, 2.05) is 12.1 Å². The molecule has 0 aliphatic rings. The van der Waals surface area contributed by atoms with Gasteiger partial charge in [0.25, 0.3) is 0 Å². The predicted octanol–water partition coefficient (Wildman–Crippen LogP) is 5.30. The van der Waals surface area contributed by atoms with Crippen molar-refractivity contribution >= 4 is 0 Å². The molecule has 0 heterocycles. The van der Waals surface area contributed by atoms with E-state index in [2.05, 4.69) is 58.6 Å². The second kappa shape index (κ2) is 8.03. The van der Waals surface area contributed by atoms with Crippen LogP contribution < -0.4 is 0 Å². The molecule has 0 bridgehead atoms. The van der Waals surface area contributed by atoms with Crippen molar-refractivity contribution in [3.8, 4) is 0 Å². The Kier molecular flexibility index (Phi) is 5.69. The third-order valence-electron chi connectivity index (χ3n) is 3.47. The van der Waals surface area contributed by atoms with Crippen molar-refractivity contribution in [3.05, 3.63) is 82.2 Å². The Bertz CT molecular complexity index is 505. The number of benzene rings is 2. The highest BCUT2D eigenvalue weighted by molar-refractivity contribution is 5.32. The van der Waals surface area contributed by atoms with Crippen LogP contribution in [-0.2, 0) is 0 Å². The Labute approximate surface area is 119 Å². The zero-order valence-corrected chi connectivity index (χ0v) is 11.5. The van der Waals surface area contributed by atoms with Gasteiger partial charge >= 0.3 is 0 Å². The van der Waals surface area contributed by atoms with Crippen LogP contribution in [0, 0.1) is 0 Å². The Morgan fingerprint density at radius 1 is 0.850 bits per heavy atom. The average molecular weight is 265 g/mol. The van der Waals surface area contributed by atoms with Gasteiger partial charge in [0.2, 0.25) is 0 Å². The molecule has 2 aromatic carbocycles. The summed E-state index contributed by atoms with van der Waals surface area (Å²) >= 11 is 0. The van der Waals surface area contributed by atoms with Crippen LogP contribution in [0.5, 0.6) is 0 Å². The third-order valence-corrected chi connectivity index (χ3v) is 3.47. The summed E-state index contributed by atoms with van der Waals surface area (Å²) in [6.45, 7) is 0.590. The van der Waals surface area contributed by atoms with E-state index in [1.54, 1.807) is 0 Å². The van der Waals surface area contributed by atoms with Crippen LogP contribution in [0.15, 0.2) is 65.8 Å². The lowest BCUT2D eigenvalue weighted by molar-refractivity contribution is 0.631. The second-order valence-electron chi connectivity index (χ2n) is 4.82. The fourth-order valence-electron chi connectivity index (χ4n) is 2.47. The van der Waals surface area contributed by atoms with Crippen molar-refractivity contribution in [1.29, 1.82) is 0 Å². The standard InChI is InChI=1S/C17H19N3/c18-20-19-14-8-7-13-17(15-9-3-1-4-10-15)16-11-5-2-6-12-16/h1-6,9-12,17H,7-8,13-14H2. The number of rotatable bonds is 7. The number of hydrogen-bond acceptors (Lipinski definition) is 1. The molecule has 0 amide bonds. The van der Waals surface area contributed by atoms with Crippen LogP contribution in [-0.4, -0.2) is 6.54 Å². The van der Waals surface area contributed by atoms with Crippen molar-refractivity contribution < 1.29 is 0 Å². The van der Waals surface area contributed by atoms with Gasteiger partial charge in [-0.25, -0.2) is 0 Å². The molecule has 2 aromatic rings. The van der Waals surface area contributed by atoms with E-state index in [4.69, 9.17) is 5.53 Å².